The van der Waals surface area contributed by atoms with Crippen molar-refractivity contribution in [2.75, 3.05) is 7.11 Å². The number of rotatable bonds is 4. The molecule has 16 N–H and O–H groups in total. The van der Waals surface area contributed by atoms with Gasteiger partial charge in [-0.1, -0.05) is 0 Å². The van der Waals surface area contributed by atoms with E-state index in [1.807, 2.05) is 0 Å². The summed E-state index contributed by atoms with van der Waals surface area (Å²) in [7, 11) is 0.665. The SMILES string of the molecule is COc1c(O)c(O)c(C2(O)CC(=O)NC2(O)O)c(O)c1OC1(O)C(O)(O)C(O)(O)C(O)(O)C1(O)O. The fourth-order valence-corrected chi connectivity index (χ4v) is 3.79. The van der Waals surface area contributed by atoms with Crippen LogP contribution in [0.5, 0.6) is 28.7 Å². The first-order valence-electron chi connectivity index (χ1n) is 9.04. The molecule has 1 unspecified atom stereocenters. The highest BCUT2D eigenvalue weighted by atomic mass is 16.8. The molecule has 35 heavy (non-hydrogen) atoms. The van der Waals surface area contributed by atoms with Crippen molar-refractivity contribution in [1.29, 1.82) is 0 Å². The molecular weight excluding hydrogens is 494 g/mol. The van der Waals surface area contributed by atoms with E-state index in [2.05, 4.69) is 9.47 Å². The number of ether oxygens (including phenoxy) is 2. The second-order valence-corrected chi connectivity index (χ2v) is 7.98. The van der Waals surface area contributed by atoms with Gasteiger partial charge in [-0.05, 0) is 0 Å². The van der Waals surface area contributed by atoms with E-state index in [1.165, 1.54) is 5.32 Å². The summed E-state index contributed by atoms with van der Waals surface area (Å²) in [4.78, 5) is 11.7. The Balaban J connectivity index is 2.36. The number of methoxy groups -OCH3 is 1. The molecular formula is C16H21NO18. The highest BCUT2D eigenvalue weighted by Crippen LogP contribution is 2.61. The Morgan fingerprint density at radius 3 is 1.51 bits per heavy atom. The smallest absolute Gasteiger partial charge is 0.329 e. The molecule has 3 rings (SSSR count). The van der Waals surface area contributed by atoms with E-state index in [0.717, 1.165) is 0 Å². The molecule has 1 saturated carbocycles. The van der Waals surface area contributed by atoms with Gasteiger partial charge < -0.3 is 91.4 Å². The standard InChI is InChI=1S/C16H21NO18/c1-34-8-7(21)5(19)4(10(22)2-3(18)17-16(10,32)33)6(20)9(8)35-15(31)13(27,28)11(23,24)12(25,26)14(15,29)30/h19-33H,2H2,1H3,(H,17,18). The highest BCUT2D eigenvalue weighted by Gasteiger charge is 2.93. The molecule has 1 aromatic carbocycles. The molecule has 2 aliphatic rings. The Bertz CT molecular complexity index is 1070. The van der Waals surface area contributed by atoms with Crippen molar-refractivity contribution in [2.45, 2.75) is 46.9 Å². The third kappa shape index (κ3) is 2.76. The number of phenols is 3. The second kappa shape index (κ2) is 6.91. The Kier molecular flexibility index (Phi) is 5.29. The summed E-state index contributed by atoms with van der Waals surface area (Å²) in [6.07, 6.45) is -1.34. The zero-order chi connectivity index (χ0) is 27.4. The molecule has 0 radical (unpaired) electrons. The van der Waals surface area contributed by atoms with Crippen LogP contribution in [0.25, 0.3) is 0 Å². The van der Waals surface area contributed by atoms with Crippen LogP contribution in [0.3, 0.4) is 0 Å². The average Bonchev–Trinajstić information content (AvgIpc) is 2.93. The lowest BCUT2D eigenvalue weighted by Crippen LogP contribution is -2.70. The van der Waals surface area contributed by atoms with Crippen molar-refractivity contribution in [3.63, 3.8) is 0 Å². The lowest BCUT2D eigenvalue weighted by molar-refractivity contribution is -0.452. The van der Waals surface area contributed by atoms with Gasteiger partial charge in [-0.2, -0.15) is 0 Å². The van der Waals surface area contributed by atoms with Crippen molar-refractivity contribution < 1.29 is 90.9 Å². The quantitative estimate of drug-likeness (QED) is 0.100. The van der Waals surface area contributed by atoms with E-state index in [-0.39, 0.29) is 0 Å². The Labute approximate surface area is 191 Å². The van der Waals surface area contributed by atoms with Gasteiger partial charge in [0.05, 0.1) is 19.1 Å². The van der Waals surface area contributed by atoms with Gasteiger partial charge in [0.15, 0.2) is 17.1 Å². The van der Waals surface area contributed by atoms with Crippen LogP contribution in [0.4, 0.5) is 0 Å². The fraction of sp³-hybridized carbons (Fsp3) is 0.562. The first-order chi connectivity index (χ1) is 15.5. The van der Waals surface area contributed by atoms with Gasteiger partial charge in [-0.25, -0.2) is 0 Å². The van der Waals surface area contributed by atoms with Gasteiger partial charge >= 0.3 is 5.79 Å². The number of amides is 1. The third-order valence-corrected chi connectivity index (χ3v) is 5.91. The summed E-state index contributed by atoms with van der Waals surface area (Å²) in [6.45, 7) is 0. The van der Waals surface area contributed by atoms with Crippen LogP contribution >= 0.6 is 0 Å². The van der Waals surface area contributed by atoms with Crippen molar-refractivity contribution in [2.24, 2.45) is 0 Å². The first kappa shape index (κ1) is 26.8. The van der Waals surface area contributed by atoms with E-state index < -0.39 is 87.1 Å². The zero-order valence-electron chi connectivity index (χ0n) is 17.1. The van der Waals surface area contributed by atoms with E-state index in [4.69, 9.17) is 0 Å². The molecule has 0 spiro atoms. The first-order valence-corrected chi connectivity index (χ1v) is 9.04. The molecule has 1 atom stereocenters. The molecule has 1 amide bonds. The van der Waals surface area contributed by atoms with Crippen LogP contribution in [0.2, 0.25) is 0 Å². The Morgan fingerprint density at radius 2 is 1.14 bits per heavy atom. The normalized spacial score (nSPS) is 29.0. The van der Waals surface area contributed by atoms with Crippen molar-refractivity contribution in [3.05, 3.63) is 5.56 Å². The molecule has 1 aromatic rings. The van der Waals surface area contributed by atoms with Crippen LogP contribution < -0.4 is 14.8 Å². The fourth-order valence-electron chi connectivity index (χ4n) is 3.79. The lowest BCUT2D eigenvalue weighted by atomic mass is 9.87. The highest BCUT2D eigenvalue weighted by molar-refractivity contribution is 5.83. The van der Waals surface area contributed by atoms with Crippen molar-refractivity contribution in [3.8, 4) is 28.7 Å². The number of aliphatic hydroxyl groups is 12. The molecule has 1 saturated heterocycles. The second-order valence-electron chi connectivity index (χ2n) is 7.98. The summed E-state index contributed by atoms with van der Waals surface area (Å²) in [5.41, 5.74) is -5.02. The zero-order valence-corrected chi connectivity index (χ0v) is 17.1. The molecule has 0 aromatic heterocycles. The number of carbonyl (C=O) groups is 1. The molecule has 1 heterocycles. The summed E-state index contributed by atoms with van der Waals surface area (Å²) < 4.78 is 9.07. The van der Waals surface area contributed by atoms with Crippen LogP contribution in [0.15, 0.2) is 0 Å². The van der Waals surface area contributed by atoms with Crippen LogP contribution in [-0.2, 0) is 10.4 Å². The van der Waals surface area contributed by atoms with Crippen LogP contribution in [0.1, 0.15) is 12.0 Å². The Hall–Kier alpha value is -2.79. The lowest BCUT2D eigenvalue weighted by Gasteiger charge is -2.40. The minimum atomic E-state index is -4.89. The van der Waals surface area contributed by atoms with E-state index in [1.54, 1.807) is 0 Å². The van der Waals surface area contributed by atoms with Gasteiger partial charge in [-0.15, -0.1) is 0 Å². The Morgan fingerprint density at radius 1 is 0.686 bits per heavy atom. The summed E-state index contributed by atoms with van der Waals surface area (Å²) in [6, 6.07) is 0. The maximum atomic E-state index is 11.7. The van der Waals surface area contributed by atoms with Gasteiger partial charge in [0.2, 0.25) is 23.2 Å². The molecule has 1 aliphatic carbocycles. The van der Waals surface area contributed by atoms with Gasteiger partial charge in [-0.3, -0.25) is 4.79 Å². The summed E-state index contributed by atoms with van der Waals surface area (Å²) in [5, 5.41) is 153. The molecule has 198 valence electrons. The number of aromatic hydroxyl groups is 3. The predicted octanol–water partition coefficient (Wildman–Crippen LogP) is -8.04. The number of carbonyl (C=O) groups excluding carboxylic acids is 1. The largest absolute Gasteiger partial charge is 0.504 e. The number of phenolic OH excluding ortho intramolecular Hbond substituents is 3. The predicted molar refractivity (Wildman–Crippen MR) is 96.1 cm³/mol. The van der Waals surface area contributed by atoms with E-state index in [9.17, 15) is 81.4 Å². The van der Waals surface area contributed by atoms with Crippen molar-refractivity contribution >= 4 is 5.91 Å². The number of hydrogen-bond acceptors (Lipinski definition) is 18. The van der Waals surface area contributed by atoms with E-state index >= 15 is 0 Å². The summed E-state index contributed by atoms with van der Waals surface area (Å²) in [5.74, 6) is -37.4. The minimum absolute atomic E-state index is 0.665. The maximum Gasteiger partial charge on any atom is 0.329 e. The molecule has 19 nitrogen and oxygen atoms in total. The monoisotopic (exact) mass is 515 g/mol. The van der Waals surface area contributed by atoms with Crippen LogP contribution in [0, 0.1) is 0 Å². The maximum absolute atomic E-state index is 11.7. The number of hydrogen-bond donors (Lipinski definition) is 16. The van der Waals surface area contributed by atoms with E-state index in [0.29, 0.717) is 7.11 Å². The minimum Gasteiger partial charge on any atom is -0.504 e. The topological polar surface area (TPSA) is 351 Å². The van der Waals surface area contributed by atoms with Gasteiger partial charge in [0.25, 0.3) is 29.1 Å². The van der Waals surface area contributed by atoms with Crippen LogP contribution in [-0.4, -0.2) is 124 Å². The van der Waals surface area contributed by atoms with Crippen molar-refractivity contribution in [1.82, 2.24) is 5.32 Å². The summed E-state index contributed by atoms with van der Waals surface area (Å²) >= 11 is 0. The number of benzene rings is 1. The van der Waals surface area contributed by atoms with Gasteiger partial charge in [0, 0.05) is 0 Å². The molecule has 1 aliphatic heterocycles. The molecule has 19 heteroatoms. The third-order valence-electron chi connectivity index (χ3n) is 5.91. The number of nitrogens with one attached hydrogen (secondary N) is 1. The molecule has 0 bridgehead atoms. The average molecular weight is 515 g/mol. The molecule has 2 fully saturated rings. The van der Waals surface area contributed by atoms with Gasteiger partial charge in [0.1, 0.15) is 0 Å².